The molecular weight excluding hydrogens is 246 g/mol. The average molecular weight is 254 g/mol. The van der Waals surface area contributed by atoms with Crippen LogP contribution in [0.15, 0.2) is 0 Å². The lowest BCUT2D eigenvalue weighted by atomic mass is 10.9. The van der Waals surface area contributed by atoms with Gasteiger partial charge in [-0.15, -0.1) is 0 Å². The summed E-state index contributed by atoms with van der Waals surface area (Å²) in [7, 11) is -8.97. The smallest absolute Gasteiger partial charge is 0.266 e. The van der Waals surface area contributed by atoms with Gasteiger partial charge in [0, 0.05) is 0 Å². The summed E-state index contributed by atoms with van der Waals surface area (Å²) in [6.45, 7) is -3.53. The van der Waals surface area contributed by atoms with Crippen molar-refractivity contribution >= 4 is 20.2 Å². The third-order valence-electron chi connectivity index (χ3n) is 0.853. The van der Waals surface area contributed by atoms with Crippen LogP contribution in [0.25, 0.3) is 0 Å². The minimum atomic E-state index is -4.53. The number of halogens is 2. The molecule has 0 radical (unpaired) electrons. The third kappa shape index (κ3) is 6.18. The third-order valence-corrected chi connectivity index (χ3v) is 4.14. The first-order valence-corrected chi connectivity index (χ1v) is 6.34. The van der Waals surface area contributed by atoms with E-state index < -0.39 is 45.5 Å². The Morgan fingerprint density at radius 1 is 0.929 bits per heavy atom. The highest BCUT2D eigenvalue weighted by atomic mass is 32.3. The van der Waals surface area contributed by atoms with E-state index in [0.717, 1.165) is 0 Å². The van der Waals surface area contributed by atoms with Crippen LogP contribution in [-0.4, -0.2) is 42.1 Å². The molecule has 0 aromatic rings. The van der Waals surface area contributed by atoms with Crippen molar-refractivity contribution in [1.82, 2.24) is 0 Å². The summed E-state index contributed by atoms with van der Waals surface area (Å²) in [4.78, 5) is 0. The predicted molar refractivity (Wildman–Crippen MR) is 41.7 cm³/mol. The van der Waals surface area contributed by atoms with Crippen LogP contribution in [0.5, 0.6) is 0 Å². The fourth-order valence-electron chi connectivity index (χ4n) is 0.471. The number of hydrogen-bond acceptors (Lipinski definition) is 6. The molecule has 0 aromatic heterocycles. The zero-order valence-corrected chi connectivity index (χ0v) is 8.48. The Balaban J connectivity index is 4.36. The largest absolute Gasteiger partial charge is 0.286 e. The molecule has 0 saturated carbocycles. The van der Waals surface area contributed by atoms with Crippen LogP contribution >= 0.6 is 0 Å². The standard InChI is InChI=1S/C4H8F2O6S2/c5-1-2-11-13(7,8)4-14(9,10)12-3-6/h1-4H2. The van der Waals surface area contributed by atoms with Crippen LogP contribution in [-0.2, 0) is 28.6 Å². The summed E-state index contributed by atoms with van der Waals surface area (Å²) in [5, 5.41) is -1.54. The van der Waals surface area contributed by atoms with E-state index in [2.05, 4.69) is 8.37 Å². The lowest BCUT2D eigenvalue weighted by Gasteiger charge is -2.03. The lowest BCUT2D eigenvalue weighted by molar-refractivity contribution is 0.199. The topological polar surface area (TPSA) is 86.7 Å². The molecule has 0 fully saturated rings. The Morgan fingerprint density at radius 3 is 1.86 bits per heavy atom. The van der Waals surface area contributed by atoms with Crippen molar-refractivity contribution < 1.29 is 34.0 Å². The molecule has 86 valence electrons. The van der Waals surface area contributed by atoms with Crippen molar-refractivity contribution in [3.05, 3.63) is 0 Å². The summed E-state index contributed by atoms with van der Waals surface area (Å²) in [6.07, 6.45) is 0. The second kappa shape index (κ2) is 5.53. The highest BCUT2D eigenvalue weighted by Crippen LogP contribution is 2.02. The van der Waals surface area contributed by atoms with Crippen molar-refractivity contribution in [3.8, 4) is 0 Å². The van der Waals surface area contributed by atoms with Gasteiger partial charge in [0.2, 0.25) is 11.9 Å². The first kappa shape index (κ1) is 13.7. The summed E-state index contributed by atoms with van der Waals surface area (Å²) in [6, 6.07) is 0. The van der Waals surface area contributed by atoms with Crippen molar-refractivity contribution in [2.75, 3.05) is 25.2 Å². The monoisotopic (exact) mass is 254 g/mol. The van der Waals surface area contributed by atoms with E-state index in [-0.39, 0.29) is 0 Å². The maximum Gasteiger partial charge on any atom is 0.286 e. The van der Waals surface area contributed by atoms with Gasteiger partial charge in [0.15, 0.2) is 0 Å². The van der Waals surface area contributed by atoms with E-state index in [1.165, 1.54) is 0 Å². The molecule has 0 aliphatic carbocycles. The average Bonchev–Trinajstić information content (AvgIpc) is 1.98. The second-order valence-electron chi connectivity index (χ2n) is 1.97. The molecule has 0 heterocycles. The van der Waals surface area contributed by atoms with Crippen LogP contribution in [0.3, 0.4) is 0 Å². The SMILES string of the molecule is O=S(=O)(CS(=O)(=O)OCCF)OCF. The number of alkyl halides is 2. The zero-order chi connectivity index (χ0) is 11.2. The summed E-state index contributed by atoms with van der Waals surface area (Å²) < 4.78 is 72.9. The van der Waals surface area contributed by atoms with Gasteiger partial charge in [0.05, 0.1) is 6.61 Å². The summed E-state index contributed by atoms with van der Waals surface area (Å²) in [5.74, 6) is 0. The lowest BCUT2D eigenvalue weighted by Crippen LogP contribution is -2.21. The Bertz CT molecular complexity index is 346. The molecule has 0 aliphatic heterocycles. The van der Waals surface area contributed by atoms with E-state index in [9.17, 15) is 25.6 Å². The van der Waals surface area contributed by atoms with Crippen LogP contribution in [0, 0.1) is 0 Å². The Morgan fingerprint density at radius 2 is 1.43 bits per heavy atom. The van der Waals surface area contributed by atoms with Crippen LogP contribution < -0.4 is 0 Å². The molecule has 14 heavy (non-hydrogen) atoms. The summed E-state index contributed by atoms with van der Waals surface area (Å²) >= 11 is 0. The molecule has 0 amide bonds. The van der Waals surface area contributed by atoms with E-state index in [0.29, 0.717) is 0 Å². The Hall–Kier alpha value is -0.320. The van der Waals surface area contributed by atoms with Gasteiger partial charge in [-0.3, -0.25) is 4.18 Å². The minimum absolute atomic E-state index is 0.784. The maximum absolute atomic E-state index is 11.5. The molecule has 0 N–H and O–H groups in total. The fraction of sp³-hybridized carbons (Fsp3) is 1.00. The molecule has 10 heteroatoms. The highest BCUT2D eigenvalue weighted by Gasteiger charge is 2.23. The Labute approximate surface area is 80.1 Å². The van der Waals surface area contributed by atoms with Gasteiger partial charge in [-0.1, -0.05) is 0 Å². The van der Waals surface area contributed by atoms with Crippen LogP contribution in [0.4, 0.5) is 8.78 Å². The van der Waals surface area contributed by atoms with E-state index in [1.807, 2.05) is 0 Å². The zero-order valence-electron chi connectivity index (χ0n) is 6.85. The van der Waals surface area contributed by atoms with Crippen molar-refractivity contribution in [2.24, 2.45) is 0 Å². The van der Waals surface area contributed by atoms with Gasteiger partial charge in [0.25, 0.3) is 20.2 Å². The summed E-state index contributed by atoms with van der Waals surface area (Å²) in [5.41, 5.74) is 0. The van der Waals surface area contributed by atoms with Crippen LogP contribution in [0.1, 0.15) is 0 Å². The first-order valence-electron chi connectivity index (χ1n) is 3.19. The number of hydrogen-bond donors (Lipinski definition) is 0. The van der Waals surface area contributed by atoms with Crippen molar-refractivity contribution in [1.29, 1.82) is 0 Å². The quantitative estimate of drug-likeness (QED) is 0.571. The molecule has 0 atom stereocenters. The maximum atomic E-state index is 11.5. The van der Waals surface area contributed by atoms with Gasteiger partial charge in [0.1, 0.15) is 6.67 Å². The highest BCUT2D eigenvalue weighted by molar-refractivity contribution is 8.03. The minimum Gasteiger partial charge on any atom is -0.266 e. The first-order chi connectivity index (χ1) is 6.33. The molecule has 6 nitrogen and oxygen atoms in total. The Kier molecular flexibility index (Phi) is 5.41. The van der Waals surface area contributed by atoms with E-state index in [4.69, 9.17) is 0 Å². The predicted octanol–water partition coefficient (Wildman–Crippen LogP) is -0.467. The van der Waals surface area contributed by atoms with Crippen LogP contribution in [0.2, 0.25) is 0 Å². The normalized spacial score (nSPS) is 13.0. The molecule has 0 spiro atoms. The fourth-order valence-corrected chi connectivity index (χ4v) is 2.88. The van der Waals surface area contributed by atoms with Crippen molar-refractivity contribution in [3.63, 3.8) is 0 Å². The second-order valence-corrected chi connectivity index (χ2v) is 5.62. The molecule has 0 aliphatic rings. The molecule has 0 aromatic carbocycles. The molecule has 0 unspecified atom stereocenters. The van der Waals surface area contributed by atoms with Gasteiger partial charge < -0.3 is 0 Å². The van der Waals surface area contributed by atoms with Gasteiger partial charge >= 0.3 is 0 Å². The number of rotatable bonds is 7. The molecule has 0 bridgehead atoms. The van der Waals surface area contributed by atoms with E-state index >= 15 is 0 Å². The van der Waals surface area contributed by atoms with Gasteiger partial charge in [-0.25, -0.2) is 13.0 Å². The van der Waals surface area contributed by atoms with Crippen molar-refractivity contribution in [2.45, 2.75) is 0 Å². The molecule has 0 rings (SSSR count). The van der Waals surface area contributed by atoms with E-state index in [1.54, 1.807) is 0 Å². The molecule has 0 saturated heterocycles. The van der Waals surface area contributed by atoms with Gasteiger partial charge in [-0.05, 0) is 0 Å². The van der Waals surface area contributed by atoms with Gasteiger partial charge in [-0.2, -0.15) is 16.8 Å². The molecular formula is C4H8F2O6S2.